The fourth-order valence-corrected chi connectivity index (χ4v) is 2.93. The van der Waals surface area contributed by atoms with Crippen molar-refractivity contribution in [2.45, 2.75) is 45.8 Å². The average molecular weight is 433 g/mol. The molecule has 2 aromatic rings. The maximum atomic E-state index is 12.3. The van der Waals surface area contributed by atoms with Crippen molar-refractivity contribution in [1.29, 1.82) is 0 Å². The second-order valence-electron chi connectivity index (χ2n) is 7.83. The van der Waals surface area contributed by atoms with Crippen LogP contribution in [0.15, 0.2) is 42.5 Å². The van der Waals surface area contributed by atoms with E-state index in [0.29, 0.717) is 22.6 Å². The van der Waals surface area contributed by atoms with Crippen molar-refractivity contribution in [2.75, 3.05) is 5.32 Å². The van der Waals surface area contributed by atoms with Crippen molar-refractivity contribution >= 4 is 41.9 Å². The SMILES string of the molecule is CC(C)(C)OC(=O)NCc1cccc(NC(=O)CCc2ccc(B(O)O)cc2Cl)c1. The van der Waals surface area contributed by atoms with Crippen LogP contribution in [0.3, 0.4) is 0 Å². The number of hydrogen-bond acceptors (Lipinski definition) is 5. The van der Waals surface area contributed by atoms with Crippen LogP contribution in [0.2, 0.25) is 5.02 Å². The number of rotatable bonds is 7. The van der Waals surface area contributed by atoms with E-state index < -0.39 is 18.8 Å². The molecule has 2 aromatic carbocycles. The van der Waals surface area contributed by atoms with Gasteiger partial charge < -0.3 is 25.4 Å². The molecular weight excluding hydrogens is 407 g/mol. The summed E-state index contributed by atoms with van der Waals surface area (Å²) in [6.45, 7) is 5.65. The number of benzene rings is 2. The third-order valence-corrected chi connectivity index (χ3v) is 4.39. The van der Waals surface area contributed by atoms with E-state index in [4.69, 9.17) is 26.4 Å². The zero-order chi connectivity index (χ0) is 22.3. The van der Waals surface area contributed by atoms with Crippen molar-refractivity contribution in [3.05, 3.63) is 58.6 Å². The standard InChI is InChI=1S/C21H26BClN2O5/c1-21(2,3)30-20(27)24-13-14-5-4-6-17(11-14)25-19(26)10-8-15-7-9-16(22(28)29)12-18(15)23/h4-7,9,11-12,28-29H,8,10,13H2,1-3H3,(H,24,27)(H,25,26). The van der Waals surface area contributed by atoms with E-state index in [-0.39, 0.29) is 18.9 Å². The van der Waals surface area contributed by atoms with Gasteiger partial charge in [0, 0.05) is 23.7 Å². The monoisotopic (exact) mass is 432 g/mol. The molecule has 0 bridgehead atoms. The number of nitrogens with one attached hydrogen (secondary N) is 2. The summed E-state index contributed by atoms with van der Waals surface area (Å²) >= 11 is 6.14. The maximum Gasteiger partial charge on any atom is 0.488 e. The first-order valence-electron chi connectivity index (χ1n) is 9.53. The van der Waals surface area contributed by atoms with Crippen molar-refractivity contribution < 1.29 is 24.4 Å². The van der Waals surface area contributed by atoms with Crippen molar-refractivity contribution in [2.24, 2.45) is 0 Å². The minimum Gasteiger partial charge on any atom is -0.444 e. The first-order chi connectivity index (χ1) is 14.0. The fraction of sp³-hybridized carbons (Fsp3) is 0.333. The van der Waals surface area contributed by atoms with Gasteiger partial charge in [-0.2, -0.15) is 0 Å². The molecule has 0 aliphatic heterocycles. The molecule has 2 rings (SSSR count). The summed E-state index contributed by atoms with van der Waals surface area (Å²) in [6, 6.07) is 11.9. The minimum atomic E-state index is -1.59. The van der Waals surface area contributed by atoms with Gasteiger partial charge in [0.05, 0.1) is 0 Å². The molecule has 160 valence electrons. The van der Waals surface area contributed by atoms with Crippen LogP contribution in [0.1, 0.15) is 38.3 Å². The third-order valence-electron chi connectivity index (χ3n) is 4.04. The predicted molar refractivity (Wildman–Crippen MR) is 118 cm³/mol. The summed E-state index contributed by atoms with van der Waals surface area (Å²) in [6.07, 6.45) is 0.113. The van der Waals surface area contributed by atoms with Gasteiger partial charge in [-0.1, -0.05) is 35.9 Å². The topological polar surface area (TPSA) is 108 Å². The molecule has 4 N–H and O–H groups in total. The molecule has 0 aliphatic rings. The summed E-state index contributed by atoms with van der Waals surface area (Å²) in [4.78, 5) is 24.0. The van der Waals surface area contributed by atoms with Gasteiger partial charge in [0.25, 0.3) is 0 Å². The van der Waals surface area contributed by atoms with Gasteiger partial charge in [-0.05, 0) is 62.0 Å². The van der Waals surface area contributed by atoms with Crippen LogP contribution in [0, 0.1) is 0 Å². The normalized spacial score (nSPS) is 11.0. The summed E-state index contributed by atoms with van der Waals surface area (Å²) < 4.78 is 5.20. The summed E-state index contributed by atoms with van der Waals surface area (Å²) in [7, 11) is -1.59. The van der Waals surface area contributed by atoms with Gasteiger partial charge in [0.2, 0.25) is 5.91 Å². The molecular formula is C21H26BClN2O5. The van der Waals surface area contributed by atoms with Crippen LogP contribution < -0.4 is 16.1 Å². The number of aryl methyl sites for hydroxylation is 1. The lowest BCUT2D eigenvalue weighted by atomic mass is 9.80. The van der Waals surface area contributed by atoms with Crippen LogP contribution in [0.4, 0.5) is 10.5 Å². The number of ether oxygens (including phenoxy) is 1. The number of alkyl carbamates (subject to hydrolysis) is 1. The Morgan fingerprint density at radius 3 is 2.50 bits per heavy atom. The minimum absolute atomic E-state index is 0.186. The summed E-state index contributed by atoms with van der Waals surface area (Å²) in [5, 5.41) is 24.2. The Morgan fingerprint density at radius 1 is 1.13 bits per heavy atom. The molecule has 9 heteroatoms. The van der Waals surface area contributed by atoms with Gasteiger partial charge >= 0.3 is 13.2 Å². The highest BCUT2D eigenvalue weighted by Gasteiger charge is 2.16. The van der Waals surface area contributed by atoms with E-state index in [0.717, 1.165) is 11.1 Å². The lowest BCUT2D eigenvalue weighted by Gasteiger charge is -2.19. The second kappa shape index (κ2) is 10.5. The maximum absolute atomic E-state index is 12.3. The Labute approximate surface area is 181 Å². The number of hydrogen-bond donors (Lipinski definition) is 4. The first-order valence-corrected chi connectivity index (χ1v) is 9.91. The molecule has 2 amide bonds. The molecule has 0 radical (unpaired) electrons. The van der Waals surface area contributed by atoms with E-state index in [1.54, 1.807) is 51.1 Å². The van der Waals surface area contributed by atoms with Gasteiger partial charge in [0.1, 0.15) is 5.60 Å². The van der Waals surface area contributed by atoms with Gasteiger partial charge in [-0.25, -0.2) is 4.79 Å². The number of anilines is 1. The molecule has 30 heavy (non-hydrogen) atoms. The molecule has 0 heterocycles. The number of amides is 2. The molecule has 7 nitrogen and oxygen atoms in total. The Bertz CT molecular complexity index is 899. The predicted octanol–water partition coefficient (Wildman–Crippen LogP) is 2.62. The Hall–Kier alpha value is -2.55. The molecule has 0 fully saturated rings. The quantitative estimate of drug-likeness (QED) is 0.503. The third kappa shape index (κ3) is 8.06. The summed E-state index contributed by atoms with van der Waals surface area (Å²) in [5.74, 6) is -0.186. The second-order valence-corrected chi connectivity index (χ2v) is 8.24. The Morgan fingerprint density at radius 2 is 1.87 bits per heavy atom. The Balaban J connectivity index is 1.87. The van der Waals surface area contributed by atoms with Crippen LogP contribution in [-0.4, -0.2) is 34.8 Å². The van der Waals surface area contributed by atoms with E-state index >= 15 is 0 Å². The summed E-state index contributed by atoms with van der Waals surface area (Å²) in [5.41, 5.74) is 1.91. The van der Waals surface area contributed by atoms with Crippen LogP contribution >= 0.6 is 11.6 Å². The molecule has 0 unspecified atom stereocenters. The van der Waals surface area contributed by atoms with Crippen molar-refractivity contribution in [3.8, 4) is 0 Å². The van der Waals surface area contributed by atoms with Crippen LogP contribution in [-0.2, 0) is 22.5 Å². The van der Waals surface area contributed by atoms with Crippen molar-refractivity contribution in [3.63, 3.8) is 0 Å². The molecule has 0 atom stereocenters. The molecule has 0 spiro atoms. The van der Waals surface area contributed by atoms with Gasteiger partial charge in [-0.15, -0.1) is 0 Å². The highest BCUT2D eigenvalue weighted by molar-refractivity contribution is 6.59. The fourth-order valence-electron chi connectivity index (χ4n) is 2.65. The average Bonchev–Trinajstić information content (AvgIpc) is 2.64. The van der Waals surface area contributed by atoms with Crippen LogP contribution in [0.25, 0.3) is 0 Å². The highest BCUT2D eigenvalue weighted by atomic mass is 35.5. The highest BCUT2D eigenvalue weighted by Crippen LogP contribution is 2.17. The molecule has 0 saturated heterocycles. The molecule has 0 saturated carbocycles. The Kier molecular flexibility index (Phi) is 8.29. The largest absolute Gasteiger partial charge is 0.488 e. The lowest BCUT2D eigenvalue weighted by molar-refractivity contribution is -0.116. The zero-order valence-corrected chi connectivity index (χ0v) is 18.0. The smallest absolute Gasteiger partial charge is 0.444 e. The van der Waals surface area contributed by atoms with E-state index in [1.165, 1.54) is 6.07 Å². The molecule has 0 aromatic heterocycles. The number of carbonyl (C=O) groups excluding carboxylic acids is 2. The van der Waals surface area contributed by atoms with Gasteiger partial charge in [0.15, 0.2) is 0 Å². The first kappa shape index (κ1) is 23.7. The van der Waals surface area contributed by atoms with Gasteiger partial charge in [-0.3, -0.25) is 4.79 Å². The van der Waals surface area contributed by atoms with E-state index in [2.05, 4.69) is 10.6 Å². The van der Waals surface area contributed by atoms with E-state index in [1.807, 2.05) is 6.07 Å². The van der Waals surface area contributed by atoms with Crippen LogP contribution in [0.5, 0.6) is 0 Å². The molecule has 0 aliphatic carbocycles. The lowest BCUT2D eigenvalue weighted by Crippen LogP contribution is -2.32. The van der Waals surface area contributed by atoms with E-state index in [9.17, 15) is 9.59 Å². The number of carbonyl (C=O) groups is 2. The number of halogens is 1. The van der Waals surface area contributed by atoms with Crippen molar-refractivity contribution in [1.82, 2.24) is 5.32 Å². The zero-order valence-electron chi connectivity index (χ0n) is 17.2.